The van der Waals surface area contributed by atoms with Crippen LogP contribution in [0, 0.1) is 11.7 Å². The smallest absolute Gasteiger partial charge is 0.253 e. The van der Waals surface area contributed by atoms with Crippen molar-refractivity contribution in [2.24, 2.45) is 5.92 Å². The number of amides is 1. The number of halogens is 1. The minimum absolute atomic E-state index is 0.0334. The number of likely N-dealkylation sites (tertiary alicyclic amines) is 1. The van der Waals surface area contributed by atoms with E-state index in [0.29, 0.717) is 30.3 Å². The normalized spacial score (nSPS) is 18.0. The van der Waals surface area contributed by atoms with Crippen molar-refractivity contribution in [3.63, 3.8) is 0 Å². The highest BCUT2D eigenvalue weighted by atomic mass is 19.1. The average Bonchev–Trinajstić information content (AvgIpc) is 2.60. The standard InChI is InChI=1S/C18H27FN2O3/c1-20-11-14-4-3-7-21(12-14)18(22)15-5-6-17(19)16(10-15)13-24-9-8-23-2/h5-6,10,14,20H,3-4,7-9,11-13H2,1-2H3. The quantitative estimate of drug-likeness (QED) is 0.737. The van der Waals surface area contributed by atoms with Crippen LogP contribution in [0.5, 0.6) is 0 Å². The lowest BCUT2D eigenvalue weighted by molar-refractivity contribution is 0.0601. The lowest BCUT2D eigenvalue weighted by Crippen LogP contribution is -2.42. The fourth-order valence-corrected chi connectivity index (χ4v) is 3.03. The van der Waals surface area contributed by atoms with Gasteiger partial charge < -0.3 is 19.7 Å². The third-order valence-electron chi connectivity index (χ3n) is 4.28. The summed E-state index contributed by atoms with van der Waals surface area (Å²) >= 11 is 0. The predicted molar refractivity (Wildman–Crippen MR) is 90.5 cm³/mol. The predicted octanol–water partition coefficient (Wildman–Crippen LogP) is 2.06. The Hall–Kier alpha value is -1.50. The Bertz CT molecular complexity index is 537. The lowest BCUT2D eigenvalue weighted by Gasteiger charge is -2.32. The second-order valence-corrected chi connectivity index (χ2v) is 6.17. The summed E-state index contributed by atoms with van der Waals surface area (Å²) in [6.07, 6.45) is 2.14. The highest BCUT2D eigenvalue weighted by Gasteiger charge is 2.24. The Morgan fingerprint density at radius 2 is 2.25 bits per heavy atom. The zero-order chi connectivity index (χ0) is 17.4. The minimum atomic E-state index is -0.351. The zero-order valence-electron chi connectivity index (χ0n) is 14.5. The molecule has 0 bridgehead atoms. The molecule has 1 N–H and O–H groups in total. The summed E-state index contributed by atoms with van der Waals surface area (Å²) in [6, 6.07) is 4.50. The van der Waals surface area contributed by atoms with Gasteiger partial charge in [-0.1, -0.05) is 0 Å². The molecular weight excluding hydrogens is 311 g/mol. The Morgan fingerprint density at radius 3 is 3.00 bits per heavy atom. The van der Waals surface area contributed by atoms with Crippen LogP contribution < -0.4 is 5.32 Å². The number of piperidine rings is 1. The molecule has 2 rings (SSSR count). The highest BCUT2D eigenvalue weighted by Crippen LogP contribution is 2.20. The molecule has 1 aromatic rings. The first-order valence-electron chi connectivity index (χ1n) is 8.44. The van der Waals surface area contributed by atoms with Crippen molar-refractivity contribution in [3.05, 3.63) is 35.1 Å². The van der Waals surface area contributed by atoms with Gasteiger partial charge in [0.25, 0.3) is 5.91 Å². The molecule has 134 valence electrons. The van der Waals surface area contributed by atoms with Crippen molar-refractivity contribution >= 4 is 5.91 Å². The molecule has 1 unspecified atom stereocenters. The van der Waals surface area contributed by atoms with E-state index in [1.54, 1.807) is 19.2 Å². The fraction of sp³-hybridized carbons (Fsp3) is 0.611. The van der Waals surface area contributed by atoms with Crippen LogP contribution in [0.2, 0.25) is 0 Å². The topological polar surface area (TPSA) is 50.8 Å². The maximum atomic E-state index is 13.9. The van der Waals surface area contributed by atoms with Gasteiger partial charge in [-0.15, -0.1) is 0 Å². The van der Waals surface area contributed by atoms with Gasteiger partial charge in [0.1, 0.15) is 5.82 Å². The molecule has 24 heavy (non-hydrogen) atoms. The average molecular weight is 338 g/mol. The molecule has 1 fully saturated rings. The SMILES string of the molecule is CNCC1CCCN(C(=O)c2ccc(F)c(COCCOC)c2)C1. The molecular formula is C18H27FN2O3. The maximum absolute atomic E-state index is 13.9. The summed E-state index contributed by atoms with van der Waals surface area (Å²) in [7, 11) is 3.51. The largest absolute Gasteiger partial charge is 0.382 e. The number of carbonyl (C=O) groups is 1. The monoisotopic (exact) mass is 338 g/mol. The molecule has 1 aliphatic rings. The molecule has 5 nitrogen and oxygen atoms in total. The minimum Gasteiger partial charge on any atom is -0.382 e. The van der Waals surface area contributed by atoms with Gasteiger partial charge in [0, 0.05) is 31.3 Å². The molecule has 0 radical (unpaired) electrons. The second kappa shape index (κ2) is 9.71. The number of methoxy groups -OCH3 is 1. The Labute approximate surface area is 143 Å². The summed E-state index contributed by atoms with van der Waals surface area (Å²) in [6.45, 7) is 3.41. The van der Waals surface area contributed by atoms with E-state index >= 15 is 0 Å². The van der Waals surface area contributed by atoms with Crippen molar-refractivity contribution in [3.8, 4) is 0 Å². The summed E-state index contributed by atoms with van der Waals surface area (Å²) in [5.41, 5.74) is 0.924. The molecule has 0 saturated carbocycles. The van der Waals surface area contributed by atoms with E-state index in [1.165, 1.54) is 6.07 Å². The van der Waals surface area contributed by atoms with Crippen LogP contribution in [0.25, 0.3) is 0 Å². The van der Waals surface area contributed by atoms with Crippen LogP contribution in [0.1, 0.15) is 28.8 Å². The number of nitrogens with one attached hydrogen (secondary N) is 1. The molecule has 1 saturated heterocycles. The van der Waals surface area contributed by atoms with Gasteiger partial charge in [0.15, 0.2) is 0 Å². The summed E-state index contributed by atoms with van der Waals surface area (Å²) < 4.78 is 24.2. The van der Waals surface area contributed by atoms with E-state index in [1.807, 2.05) is 11.9 Å². The summed E-state index contributed by atoms with van der Waals surface area (Å²) in [5, 5.41) is 3.17. The first kappa shape index (κ1) is 18.8. The van der Waals surface area contributed by atoms with Gasteiger partial charge in [-0.3, -0.25) is 4.79 Å². The van der Waals surface area contributed by atoms with Gasteiger partial charge in [0.05, 0.1) is 19.8 Å². The Kier molecular flexibility index (Phi) is 7.62. The van der Waals surface area contributed by atoms with Crippen LogP contribution in [0.3, 0.4) is 0 Å². The lowest BCUT2D eigenvalue weighted by atomic mass is 9.97. The van der Waals surface area contributed by atoms with Crippen LogP contribution >= 0.6 is 0 Å². The molecule has 0 spiro atoms. The van der Waals surface area contributed by atoms with Gasteiger partial charge in [-0.05, 0) is 50.6 Å². The van der Waals surface area contributed by atoms with Crippen molar-refractivity contribution in [1.82, 2.24) is 10.2 Å². The third kappa shape index (κ3) is 5.26. The van der Waals surface area contributed by atoms with Gasteiger partial charge >= 0.3 is 0 Å². The molecule has 6 heteroatoms. The van der Waals surface area contributed by atoms with Crippen LogP contribution in [0.4, 0.5) is 4.39 Å². The van der Waals surface area contributed by atoms with Crippen molar-refractivity contribution in [2.75, 3.05) is 47.0 Å². The number of hydrogen-bond acceptors (Lipinski definition) is 4. The number of rotatable bonds is 8. The molecule has 1 amide bonds. The van der Waals surface area contributed by atoms with Crippen LogP contribution in [0.15, 0.2) is 18.2 Å². The fourth-order valence-electron chi connectivity index (χ4n) is 3.03. The molecule has 0 aliphatic carbocycles. The second-order valence-electron chi connectivity index (χ2n) is 6.17. The molecule has 1 atom stereocenters. The van der Waals surface area contributed by atoms with Crippen molar-refractivity contribution in [2.45, 2.75) is 19.4 Å². The number of benzene rings is 1. The molecule has 1 aliphatic heterocycles. The van der Waals surface area contributed by atoms with Crippen LogP contribution in [-0.2, 0) is 16.1 Å². The molecule has 0 aromatic heterocycles. The van der Waals surface area contributed by atoms with E-state index in [0.717, 1.165) is 32.5 Å². The van der Waals surface area contributed by atoms with Gasteiger partial charge in [-0.25, -0.2) is 4.39 Å². The zero-order valence-corrected chi connectivity index (χ0v) is 14.5. The molecule has 1 heterocycles. The number of carbonyl (C=O) groups excluding carboxylic acids is 1. The maximum Gasteiger partial charge on any atom is 0.253 e. The van der Waals surface area contributed by atoms with Crippen molar-refractivity contribution in [1.29, 1.82) is 0 Å². The van der Waals surface area contributed by atoms with Crippen molar-refractivity contribution < 1.29 is 18.7 Å². The first-order chi connectivity index (χ1) is 11.7. The highest BCUT2D eigenvalue weighted by molar-refractivity contribution is 5.94. The van der Waals surface area contributed by atoms with Gasteiger partial charge in [0.2, 0.25) is 0 Å². The third-order valence-corrected chi connectivity index (χ3v) is 4.28. The van der Waals surface area contributed by atoms with E-state index in [4.69, 9.17) is 9.47 Å². The van der Waals surface area contributed by atoms with E-state index in [9.17, 15) is 9.18 Å². The number of nitrogens with zero attached hydrogens (tertiary/aromatic N) is 1. The van der Waals surface area contributed by atoms with Crippen LogP contribution in [-0.4, -0.2) is 57.8 Å². The summed E-state index contributed by atoms with van der Waals surface area (Å²) in [4.78, 5) is 14.6. The van der Waals surface area contributed by atoms with E-state index in [-0.39, 0.29) is 18.3 Å². The van der Waals surface area contributed by atoms with Gasteiger partial charge in [-0.2, -0.15) is 0 Å². The van der Waals surface area contributed by atoms with E-state index in [2.05, 4.69) is 5.32 Å². The Morgan fingerprint density at radius 1 is 1.42 bits per heavy atom. The number of hydrogen-bond donors (Lipinski definition) is 1. The van der Waals surface area contributed by atoms with E-state index < -0.39 is 0 Å². The summed E-state index contributed by atoms with van der Waals surface area (Å²) in [5.74, 6) is 0.0922. The Balaban J connectivity index is 2.00. The first-order valence-corrected chi connectivity index (χ1v) is 8.44. The number of ether oxygens (including phenoxy) is 2. The molecule has 1 aromatic carbocycles.